The molecular formula is C11H24O4Si. The predicted octanol–water partition coefficient (Wildman–Crippen LogP) is 2.75. The Labute approximate surface area is 99.6 Å². The Kier molecular flexibility index (Phi) is 8.51. The van der Waals surface area contributed by atoms with Crippen LogP contribution in [0.25, 0.3) is 0 Å². The fraction of sp³-hybridized carbons (Fsp3) is 0.909. The molecule has 0 aromatic carbocycles. The number of hydrogen-bond acceptors (Lipinski definition) is 4. The quantitative estimate of drug-likeness (QED) is 0.589. The van der Waals surface area contributed by atoms with Crippen molar-refractivity contribution in [2.24, 2.45) is 0 Å². The molecule has 16 heavy (non-hydrogen) atoms. The normalized spacial score (nSPS) is 11.5. The zero-order valence-corrected chi connectivity index (χ0v) is 11.9. The van der Waals surface area contributed by atoms with Gasteiger partial charge in [-0.25, -0.2) is 0 Å². The topological polar surface area (TPSA) is 44.8 Å². The fourth-order valence-corrected chi connectivity index (χ4v) is 4.00. The molecular weight excluding hydrogens is 224 g/mol. The average Bonchev–Trinajstić information content (AvgIpc) is 2.18. The SMILES string of the molecule is CCCC(=O)O[Si](CCC)(OCC)OCC. The molecule has 0 aromatic rings. The predicted molar refractivity (Wildman–Crippen MR) is 65.1 cm³/mol. The van der Waals surface area contributed by atoms with Gasteiger partial charge in [-0.1, -0.05) is 20.3 Å². The zero-order valence-electron chi connectivity index (χ0n) is 10.9. The van der Waals surface area contributed by atoms with Crippen LogP contribution in [0.15, 0.2) is 0 Å². The molecule has 0 fully saturated rings. The second-order valence-electron chi connectivity index (χ2n) is 3.52. The van der Waals surface area contributed by atoms with E-state index in [1.807, 2.05) is 27.7 Å². The Morgan fingerprint density at radius 2 is 1.56 bits per heavy atom. The third-order valence-corrected chi connectivity index (χ3v) is 5.12. The maximum atomic E-state index is 11.5. The summed E-state index contributed by atoms with van der Waals surface area (Å²) in [6.45, 7) is 8.81. The molecule has 0 aliphatic heterocycles. The molecule has 0 bridgehead atoms. The van der Waals surface area contributed by atoms with Gasteiger partial charge in [-0.15, -0.1) is 0 Å². The van der Waals surface area contributed by atoms with Gasteiger partial charge in [0.05, 0.1) is 0 Å². The Balaban J connectivity index is 4.51. The zero-order chi connectivity index (χ0) is 12.4. The Morgan fingerprint density at radius 1 is 1.00 bits per heavy atom. The van der Waals surface area contributed by atoms with Crippen molar-refractivity contribution in [1.82, 2.24) is 0 Å². The standard InChI is InChI=1S/C11H24O4Si/c1-5-9-11(12)15-16(10-6-2,13-7-3)14-8-4/h5-10H2,1-4H3. The van der Waals surface area contributed by atoms with Crippen molar-refractivity contribution in [2.45, 2.75) is 53.0 Å². The average molecular weight is 248 g/mol. The Bertz CT molecular complexity index is 179. The van der Waals surface area contributed by atoms with Gasteiger partial charge in [0, 0.05) is 25.7 Å². The summed E-state index contributed by atoms with van der Waals surface area (Å²) in [6, 6.07) is 0.699. The first-order valence-electron chi connectivity index (χ1n) is 6.13. The molecule has 0 N–H and O–H groups in total. The number of rotatable bonds is 9. The minimum atomic E-state index is -2.75. The highest BCUT2D eigenvalue weighted by Gasteiger charge is 2.43. The van der Waals surface area contributed by atoms with Crippen molar-refractivity contribution in [3.05, 3.63) is 0 Å². The fourth-order valence-electron chi connectivity index (χ4n) is 1.47. The van der Waals surface area contributed by atoms with Gasteiger partial charge >= 0.3 is 8.80 Å². The van der Waals surface area contributed by atoms with Crippen LogP contribution in [0.4, 0.5) is 0 Å². The van der Waals surface area contributed by atoms with Gasteiger partial charge in [0.25, 0.3) is 5.97 Å². The highest BCUT2D eigenvalue weighted by molar-refractivity contribution is 6.62. The lowest BCUT2D eigenvalue weighted by Gasteiger charge is -2.27. The van der Waals surface area contributed by atoms with Crippen LogP contribution in [0, 0.1) is 0 Å². The molecule has 0 heterocycles. The molecule has 0 aliphatic carbocycles. The molecule has 0 unspecified atom stereocenters. The molecule has 0 spiro atoms. The first kappa shape index (κ1) is 15.6. The monoisotopic (exact) mass is 248 g/mol. The lowest BCUT2D eigenvalue weighted by molar-refractivity contribution is -0.139. The van der Waals surface area contributed by atoms with E-state index in [-0.39, 0.29) is 5.97 Å². The smallest absolute Gasteiger partial charge is 0.473 e. The van der Waals surface area contributed by atoms with Crippen LogP contribution in [0.1, 0.15) is 47.0 Å². The maximum absolute atomic E-state index is 11.5. The lowest BCUT2D eigenvalue weighted by atomic mass is 10.4. The maximum Gasteiger partial charge on any atom is 0.567 e. The van der Waals surface area contributed by atoms with E-state index in [0.717, 1.165) is 12.8 Å². The van der Waals surface area contributed by atoms with Gasteiger partial charge in [-0.2, -0.15) is 0 Å². The summed E-state index contributed by atoms with van der Waals surface area (Å²) in [5, 5.41) is 0. The van der Waals surface area contributed by atoms with Crippen molar-refractivity contribution >= 4 is 14.8 Å². The molecule has 0 radical (unpaired) electrons. The number of carbonyl (C=O) groups excluding carboxylic acids is 1. The first-order valence-corrected chi connectivity index (χ1v) is 8.07. The molecule has 5 heteroatoms. The highest BCUT2D eigenvalue weighted by Crippen LogP contribution is 2.19. The van der Waals surface area contributed by atoms with E-state index in [2.05, 4.69) is 0 Å². The molecule has 4 nitrogen and oxygen atoms in total. The second-order valence-corrected chi connectivity index (χ2v) is 6.17. The van der Waals surface area contributed by atoms with Crippen molar-refractivity contribution in [1.29, 1.82) is 0 Å². The van der Waals surface area contributed by atoms with Gasteiger partial charge in [-0.3, -0.25) is 4.79 Å². The number of carbonyl (C=O) groups is 1. The Morgan fingerprint density at radius 3 is 1.94 bits per heavy atom. The molecule has 0 saturated heterocycles. The second kappa shape index (κ2) is 8.72. The van der Waals surface area contributed by atoms with Gasteiger partial charge < -0.3 is 13.3 Å². The van der Waals surface area contributed by atoms with Crippen molar-refractivity contribution in [3.63, 3.8) is 0 Å². The van der Waals surface area contributed by atoms with Gasteiger partial charge in [-0.05, 0) is 20.3 Å². The van der Waals surface area contributed by atoms with E-state index in [4.69, 9.17) is 13.3 Å². The van der Waals surface area contributed by atoms with E-state index in [1.165, 1.54) is 0 Å². The molecule has 0 aliphatic rings. The van der Waals surface area contributed by atoms with Crippen LogP contribution in [-0.2, 0) is 18.1 Å². The van der Waals surface area contributed by atoms with E-state index < -0.39 is 8.80 Å². The van der Waals surface area contributed by atoms with E-state index in [0.29, 0.717) is 25.7 Å². The van der Waals surface area contributed by atoms with Crippen molar-refractivity contribution < 1.29 is 18.1 Å². The summed E-state index contributed by atoms with van der Waals surface area (Å²) < 4.78 is 16.7. The van der Waals surface area contributed by atoms with Crippen molar-refractivity contribution in [3.8, 4) is 0 Å². The highest BCUT2D eigenvalue weighted by atomic mass is 28.4. The summed E-state index contributed by atoms with van der Waals surface area (Å²) in [6.07, 6.45) is 2.11. The minimum absolute atomic E-state index is 0.204. The molecule has 0 rings (SSSR count). The van der Waals surface area contributed by atoms with Crippen LogP contribution < -0.4 is 0 Å². The molecule has 96 valence electrons. The lowest BCUT2D eigenvalue weighted by Crippen LogP contribution is -2.47. The van der Waals surface area contributed by atoms with Crippen LogP contribution in [0.2, 0.25) is 6.04 Å². The third kappa shape index (κ3) is 5.63. The summed E-state index contributed by atoms with van der Waals surface area (Å²) in [5.74, 6) is -0.204. The third-order valence-electron chi connectivity index (χ3n) is 2.01. The number of hydrogen-bond donors (Lipinski definition) is 0. The molecule has 0 saturated carbocycles. The summed E-state index contributed by atoms with van der Waals surface area (Å²) >= 11 is 0. The van der Waals surface area contributed by atoms with Gasteiger partial charge in [0.1, 0.15) is 0 Å². The van der Waals surface area contributed by atoms with Gasteiger partial charge in [0.15, 0.2) is 0 Å². The summed E-state index contributed by atoms with van der Waals surface area (Å²) in [7, 11) is -2.75. The Hall–Kier alpha value is -0.393. The van der Waals surface area contributed by atoms with Gasteiger partial charge in [0.2, 0.25) is 0 Å². The minimum Gasteiger partial charge on any atom is -0.473 e. The molecule has 0 amide bonds. The van der Waals surface area contributed by atoms with Crippen LogP contribution in [0.5, 0.6) is 0 Å². The van der Waals surface area contributed by atoms with Crippen LogP contribution in [0.3, 0.4) is 0 Å². The van der Waals surface area contributed by atoms with Crippen molar-refractivity contribution in [2.75, 3.05) is 13.2 Å². The van der Waals surface area contributed by atoms with E-state index in [1.54, 1.807) is 0 Å². The summed E-state index contributed by atoms with van der Waals surface area (Å²) in [5.41, 5.74) is 0. The summed E-state index contributed by atoms with van der Waals surface area (Å²) in [4.78, 5) is 11.5. The van der Waals surface area contributed by atoms with E-state index >= 15 is 0 Å². The molecule has 0 atom stereocenters. The van der Waals surface area contributed by atoms with Crippen LogP contribution >= 0.6 is 0 Å². The van der Waals surface area contributed by atoms with Crippen LogP contribution in [-0.4, -0.2) is 28.0 Å². The molecule has 0 aromatic heterocycles. The van der Waals surface area contributed by atoms with E-state index in [9.17, 15) is 4.79 Å². The largest absolute Gasteiger partial charge is 0.567 e. The first-order chi connectivity index (χ1) is 7.64.